The van der Waals surface area contributed by atoms with E-state index < -0.39 is 35.3 Å². The van der Waals surface area contributed by atoms with Crippen molar-refractivity contribution in [2.75, 3.05) is 6.54 Å². The Morgan fingerprint density at radius 2 is 1.50 bits per heavy atom. The fourth-order valence-electron chi connectivity index (χ4n) is 3.73. The molecule has 0 spiro atoms. The van der Waals surface area contributed by atoms with Gasteiger partial charge >= 0.3 is 6.09 Å². The van der Waals surface area contributed by atoms with E-state index in [4.69, 9.17) is 9.47 Å². The number of alkyl carbamates (subject to hydrolysis) is 1. The maximum absolute atomic E-state index is 13.0. The fraction of sp³-hybridized carbons (Fsp3) is 0.538. The SMILES string of the molecule is CC1=C(CCNC(=O)C(NC(=O)OC(C)(C)C)C(C)OC(C)(C)C)C(=O)c2ccccc2C1=O. The van der Waals surface area contributed by atoms with Gasteiger partial charge in [-0.1, -0.05) is 24.3 Å². The molecule has 1 aromatic rings. The second-order valence-corrected chi connectivity index (χ2v) is 10.4. The number of ketones is 2. The summed E-state index contributed by atoms with van der Waals surface area (Å²) in [5, 5.41) is 5.35. The molecule has 0 saturated carbocycles. The Kier molecular flexibility index (Phi) is 8.42. The molecule has 8 nitrogen and oxygen atoms in total. The van der Waals surface area contributed by atoms with E-state index in [0.717, 1.165) is 0 Å². The highest BCUT2D eigenvalue weighted by molar-refractivity contribution is 6.26. The molecule has 0 saturated heterocycles. The number of amides is 2. The van der Waals surface area contributed by atoms with Gasteiger partial charge in [0.15, 0.2) is 11.6 Å². The molecule has 0 radical (unpaired) electrons. The van der Waals surface area contributed by atoms with Crippen LogP contribution in [0, 0.1) is 0 Å². The predicted octanol–water partition coefficient (Wildman–Crippen LogP) is 3.99. The van der Waals surface area contributed by atoms with E-state index in [1.54, 1.807) is 58.9 Å². The lowest BCUT2D eigenvalue weighted by Crippen LogP contribution is -2.55. The van der Waals surface area contributed by atoms with Crippen LogP contribution in [0.1, 0.15) is 82.5 Å². The first kappa shape index (κ1) is 27.2. The van der Waals surface area contributed by atoms with Crippen molar-refractivity contribution < 1.29 is 28.7 Å². The molecule has 0 aliphatic heterocycles. The molecule has 2 amide bonds. The highest BCUT2D eigenvalue weighted by Crippen LogP contribution is 2.27. The smallest absolute Gasteiger partial charge is 0.408 e. The van der Waals surface area contributed by atoms with Crippen LogP contribution in [-0.4, -0.2) is 53.5 Å². The summed E-state index contributed by atoms with van der Waals surface area (Å²) in [6, 6.07) is 5.69. The zero-order chi connectivity index (χ0) is 25.8. The molecule has 186 valence electrons. The van der Waals surface area contributed by atoms with Crippen molar-refractivity contribution in [3.05, 3.63) is 46.5 Å². The van der Waals surface area contributed by atoms with Crippen LogP contribution >= 0.6 is 0 Å². The van der Waals surface area contributed by atoms with Crippen LogP contribution in [0.5, 0.6) is 0 Å². The van der Waals surface area contributed by atoms with Crippen LogP contribution in [0.3, 0.4) is 0 Å². The Hall–Kier alpha value is -3.00. The van der Waals surface area contributed by atoms with Gasteiger partial charge in [-0.3, -0.25) is 14.4 Å². The zero-order valence-corrected chi connectivity index (χ0v) is 21.3. The molecule has 2 N–H and O–H groups in total. The van der Waals surface area contributed by atoms with E-state index >= 15 is 0 Å². The van der Waals surface area contributed by atoms with Gasteiger partial charge in [0.1, 0.15) is 11.6 Å². The molecule has 8 heteroatoms. The highest BCUT2D eigenvalue weighted by Gasteiger charge is 2.33. The van der Waals surface area contributed by atoms with Crippen molar-refractivity contribution in [1.82, 2.24) is 10.6 Å². The van der Waals surface area contributed by atoms with Crippen molar-refractivity contribution in [2.24, 2.45) is 0 Å². The maximum Gasteiger partial charge on any atom is 0.408 e. The summed E-state index contributed by atoms with van der Waals surface area (Å²) in [7, 11) is 0. The lowest BCUT2D eigenvalue weighted by molar-refractivity contribution is -0.131. The van der Waals surface area contributed by atoms with E-state index in [1.807, 2.05) is 20.8 Å². The molecule has 0 fully saturated rings. The minimum atomic E-state index is -1.02. The normalized spacial score (nSPS) is 16.0. The summed E-state index contributed by atoms with van der Waals surface area (Å²) in [5.74, 6) is -0.876. The molecule has 1 aliphatic rings. The van der Waals surface area contributed by atoms with Gasteiger partial charge in [-0.15, -0.1) is 0 Å². The number of allylic oxidation sites excluding steroid dienone is 1. The Balaban J connectivity index is 2.11. The lowest BCUT2D eigenvalue weighted by atomic mass is 9.83. The van der Waals surface area contributed by atoms with Crippen molar-refractivity contribution in [3.63, 3.8) is 0 Å². The largest absolute Gasteiger partial charge is 0.444 e. The molecule has 2 rings (SSSR count). The number of carbonyl (C=O) groups excluding carboxylic acids is 4. The van der Waals surface area contributed by atoms with Gasteiger partial charge in [-0.2, -0.15) is 0 Å². The zero-order valence-electron chi connectivity index (χ0n) is 21.3. The number of rotatable bonds is 7. The molecule has 0 heterocycles. The van der Waals surface area contributed by atoms with Crippen molar-refractivity contribution >= 4 is 23.6 Å². The molecule has 0 bridgehead atoms. The summed E-state index contributed by atoms with van der Waals surface area (Å²) < 4.78 is 11.2. The monoisotopic (exact) mass is 472 g/mol. The molecule has 34 heavy (non-hydrogen) atoms. The van der Waals surface area contributed by atoms with E-state index in [1.165, 1.54) is 0 Å². The third-order valence-corrected chi connectivity index (χ3v) is 5.12. The second kappa shape index (κ2) is 10.5. The number of carbonyl (C=O) groups is 4. The average Bonchev–Trinajstić information content (AvgIpc) is 2.70. The Bertz CT molecular complexity index is 997. The summed E-state index contributed by atoms with van der Waals surface area (Å²) in [4.78, 5) is 50.9. The van der Waals surface area contributed by atoms with Crippen molar-refractivity contribution in [3.8, 4) is 0 Å². The average molecular weight is 473 g/mol. The Morgan fingerprint density at radius 3 is 2.03 bits per heavy atom. The number of hydrogen-bond acceptors (Lipinski definition) is 6. The first-order valence-electron chi connectivity index (χ1n) is 11.4. The van der Waals surface area contributed by atoms with Crippen LogP contribution in [0.25, 0.3) is 0 Å². The number of Topliss-reactive ketones (excluding diaryl/α,β-unsaturated/α-hetero) is 2. The van der Waals surface area contributed by atoms with Crippen LogP contribution in [-0.2, 0) is 14.3 Å². The van der Waals surface area contributed by atoms with Gasteiger partial charge in [-0.25, -0.2) is 4.79 Å². The minimum Gasteiger partial charge on any atom is -0.444 e. The van der Waals surface area contributed by atoms with Crippen LogP contribution in [0.4, 0.5) is 4.79 Å². The van der Waals surface area contributed by atoms with Crippen LogP contribution in [0.2, 0.25) is 0 Å². The summed E-state index contributed by atoms with van der Waals surface area (Å²) in [6.07, 6.45) is -1.21. The molecule has 0 aromatic heterocycles. The van der Waals surface area contributed by atoms with Crippen molar-refractivity contribution in [1.29, 1.82) is 0 Å². The Labute approximate surface area is 201 Å². The Morgan fingerprint density at radius 1 is 0.941 bits per heavy atom. The molecular weight excluding hydrogens is 436 g/mol. The molecule has 1 aliphatic carbocycles. The van der Waals surface area contributed by atoms with E-state index in [-0.39, 0.29) is 24.5 Å². The first-order valence-corrected chi connectivity index (χ1v) is 11.4. The molecular formula is C26H36N2O6. The number of hydrogen-bond donors (Lipinski definition) is 2. The first-order chi connectivity index (χ1) is 15.6. The van der Waals surface area contributed by atoms with E-state index in [0.29, 0.717) is 22.3 Å². The number of nitrogens with one attached hydrogen (secondary N) is 2. The summed E-state index contributed by atoms with van der Waals surface area (Å²) in [6.45, 7) is 14.2. The van der Waals surface area contributed by atoms with Crippen LogP contribution in [0.15, 0.2) is 35.4 Å². The second-order valence-electron chi connectivity index (χ2n) is 10.4. The predicted molar refractivity (Wildman–Crippen MR) is 129 cm³/mol. The van der Waals surface area contributed by atoms with Gasteiger partial charge in [0, 0.05) is 28.8 Å². The highest BCUT2D eigenvalue weighted by atomic mass is 16.6. The summed E-state index contributed by atoms with van der Waals surface area (Å²) >= 11 is 0. The van der Waals surface area contributed by atoms with Gasteiger partial charge < -0.3 is 20.1 Å². The fourth-order valence-corrected chi connectivity index (χ4v) is 3.73. The number of benzene rings is 1. The molecule has 1 aromatic carbocycles. The standard InChI is InChI=1S/C26H36N2O6/c1-15-17(22(30)19-12-10-9-11-18(19)21(15)29)13-14-27-23(31)20(16(2)33-25(3,4)5)28-24(32)34-26(6,7)8/h9-12,16,20H,13-14H2,1-8H3,(H,27,31)(H,28,32). The third-order valence-electron chi connectivity index (χ3n) is 5.12. The third kappa shape index (κ3) is 7.25. The van der Waals surface area contributed by atoms with Crippen LogP contribution < -0.4 is 10.6 Å². The molecule has 2 atom stereocenters. The van der Waals surface area contributed by atoms with Gasteiger partial charge in [0.2, 0.25) is 5.91 Å². The van der Waals surface area contributed by atoms with E-state index in [9.17, 15) is 19.2 Å². The van der Waals surface area contributed by atoms with Gasteiger partial charge in [0.05, 0.1) is 11.7 Å². The van der Waals surface area contributed by atoms with E-state index in [2.05, 4.69) is 10.6 Å². The van der Waals surface area contributed by atoms with Gasteiger partial charge in [0.25, 0.3) is 0 Å². The topological polar surface area (TPSA) is 111 Å². The summed E-state index contributed by atoms with van der Waals surface area (Å²) in [5.41, 5.74) is 0.250. The quantitative estimate of drug-likeness (QED) is 0.621. The molecule has 2 unspecified atom stereocenters. The van der Waals surface area contributed by atoms with Gasteiger partial charge in [-0.05, 0) is 61.8 Å². The number of ether oxygens (including phenoxy) is 2. The maximum atomic E-state index is 13.0. The number of fused-ring (bicyclic) bond motifs is 1. The minimum absolute atomic E-state index is 0.113. The lowest BCUT2D eigenvalue weighted by Gasteiger charge is -2.31. The van der Waals surface area contributed by atoms with Crippen molar-refractivity contribution in [2.45, 2.75) is 85.2 Å².